The number of nitrogens with zero attached hydrogens (tertiary/aromatic N) is 1. The van der Waals surface area contributed by atoms with E-state index in [4.69, 9.17) is 17.2 Å². The van der Waals surface area contributed by atoms with Gasteiger partial charge in [0.1, 0.15) is 12.1 Å². The molecule has 38 heavy (non-hydrogen) atoms. The fraction of sp³-hybridized carbons (Fsp3) is 0.458. The van der Waals surface area contributed by atoms with Crippen molar-refractivity contribution in [1.82, 2.24) is 20.9 Å². The van der Waals surface area contributed by atoms with Crippen LogP contribution in [0.1, 0.15) is 24.8 Å². The van der Waals surface area contributed by atoms with Gasteiger partial charge in [-0.2, -0.15) is 11.8 Å². The third kappa shape index (κ3) is 9.94. The van der Waals surface area contributed by atoms with E-state index < -0.39 is 48.4 Å². The molecule has 0 radical (unpaired) electrons. The van der Waals surface area contributed by atoms with E-state index in [1.54, 1.807) is 6.20 Å². The first kappa shape index (κ1) is 30.4. The standard InChI is InChI=1S/C24H36N8O5S/c1-38-10-8-18(23(36)37)32-22(35)19(11-14-12-29-17-7-3-2-5-15(14)17)31-20(33)13-30-21(34)16(25)6-4-9-28-24(26)27/h2-3,5,7,12,16,18-19,29H,4,6,8-11,13,25H2,1H3,(H,30,34)(H,31,33)(H,32,35)(H,36,37)(H4,26,27,28). The van der Waals surface area contributed by atoms with Crippen LogP contribution in [-0.2, 0) is 25.6 Å². The number of aromatic amines is 1. The van der Waals surface area contributed by atoms with Gasteiger partial charge < -0.3 is 43.2 Å². The molecule has 2 aromatic rings. The highest BCUT2D eigenvalue weighted by Gasteiger charge is 2.27. The minimum absolute atomic E-state index is 0.0511. The Bertz CT molecular complexity index is 1130. The summed E-state index contributed by atoms with van der Waals surface area (Å²) in [5, 5.41) is 18.0. The number of carbonyl (C=O) groups is 4. The third-order valence-electron chi connectivity index (χ3n) is 5.70. The summed E-state index contributed by atoms with van der Waals surface area (Å²) in [6.45, 7) is -0.0877. The molecule has 3 unspecified atom stereocenters. The molecule has 0 bridgehead atoms. The van der Waals surface area contributed by atoms with Gasteiger partial charge in [-0.1, -0.05) is 18.2 Å². The lowest BCUT2D eigenvalue weighted by atomic mass is 10.0. The molecule has 2 rings (SSSR count). The summed E-state index contributed by atoms with van der Waals surface area (Å²) in [5.41, 5.74) is 18.0. The molecule has 0 saturated heterocycles. The Hall–Kier alpha value is -3.78. The minimum atomic E-state index is -1.16. The van der Waals surface area contributed by atoms with Crippen LogP contribution in [-0.4, -0.2) is 83.0 Å². The SMILES string of the molecule is CSCCC(NC(=O)C(Cc1c[nH]c2ccccc12)NC(=O)CNC(=O)C(N)CCCN=C(N)N)C(=O)O. The molecule has 0 aliphatic rings. The van der Waals surface area contributed by atoms with Gasteiger partial charge in [-0.25, -0.2) is 4.79 Å². The predicted molar refractivity (Wildman–Crippen MR) is 147 cm³/mol. The number of nitrogens with one attached hydrogen (secondary N) is 4. The minimum Gasteiger partial charge on any atom is -0.480 e. The summed E-state index contributed by atoms with van der Waals surface area (Å²) in [5.74, 6) is -2.47. The Labute approximate surface area is 224 Å². The number of aliphatic imine (C=N–C) groups is 1. The molecular formula is C24H36N8O5S. The quantitative estimate of drug-likeness (QED) is 0.0730. The molecule has 3 atom stereocenters. The number of amides is 3. The number of carbonyl (C=O) groups excluding carboxylic acids is 3. The lowest BCUT2D eigenvalue weighted by Gasteiger charge is -2.22. The maximum Gasteiger partial charge on any atom is 0.326 e. The van der Waals surface area contributed by atoms with E-state index in [0.717, 1.165) is 16.5 Å². The van der Waals surface area contributed by atoms with Gasteiger partial charge in [-0.15, -0.1) is 0 Å². The van der Waals surface area contributed by atoms with Crippen molar-refractivity contribution < 1.29 is 24.3 Å². The molecular weight excluding hydrogens is 512 g/mol. The van der Waals surface area contributed by atoms with Gasteiger partial charge >= 0.3 is 5.97 Å². The maximum absolute atomic E-state index is 13.1. The molecule has 1 aromatic carbocycles. The first-order chi connectivity index (χ1) is 18.1. The summed E-state index contributed by atoms with van der Waals surface area (Å²) >= 11 is 1.46. The van der Waals surface area contributed by atoms with Gasteiger partial charge in [0.25, 0.3) is 0 Å². The summed E-state index contributed by atoms with van der Waals surface area (Å²) in [6, 6.07) is 4.43. The fourth-order valence-corrected chi connectivity index (χ4v) is 4.16. The van der Waals surface area contributed by atoms with Crippen LogP contribution in [0.5, 0.6) is 0 Å². The van der Waals surface area contributed by atoms with E-state index in [2.05, 4.69) is 25.9 Å². The van der Waals surface area contributed by atoms with Gasteiger partial charge in [-0.05, 0) is 42.9 Å². The number of rotatable bonds is 16. The van der Waals surface area contributed by atoms with Crippen LogP contribution >= 0.6 is 11.8 Å². The number of aromatic nitrogens is 1. The van der Waals surface area contributed by atoms with E-state index in [1.807, 2.05) is 30.5 Å². The molecule has 13 nitrogen and oxygen atoms in total. The summed E-state index contributed by atoms with van der Waals surface area (Å²) in [6.07, 6.45) is 4.70. The number of para-hydroxylation sites is 1. The average Bonchev–Trinajstić information content (AvgIpc) is 3.29. The number of hydrogen-bond acceptors (Lipinski definition) is 7. The van der Waals surface area contributed by atoms with E-state index in [9.17, 15) is 24.3 Å². The highest BCUT2D eigenvalue weighted by atomic mass is 32.2. The number of benzene rings is 1. The number of fused-ring (bicyclic) bond motifs is 1. The molecule has 0 saturated carbocycles. The van der Waals surface area contributed by atoms with E-state index >= 15 is 0 Å². The van der Waals surface area contributed by atoms with Crippen molar-refractivity contribution in [2.24, 2.45) is 22.2 Å². The molecule has 1 heterocycles. The Kier molecular flexibility index (Phi) is 12.4. The summed E-state index contributed by atoms with van der Waals surface area (Å²) in [7, 11) is 0. The zero-order valence-corrected chi connectivity index (χ0v) is 22.1. The normalized spacial score (nSPS) is 13.2. The lowest BCUT2D eigenvalue weighted by molar-refractivity contribution is -0.142. The van der Waals surface area contributed by atoms with Crippen LogP contribution in [0.4, 0.5) is 0 Å². The number of H-pyrrole nitrogens is 1. The van der Waals surface area contributed by atoms with Crippen molar-refractivity contribution in [3.05, 3.63) is 36.0 Å². The molecule has 14 heteroatoms. The molecule has 0 spiro atoms. The second kappa shape index (κ2) is 15.5. The van der Waals surface area contributed by atoms with Crippen LogP contribution < -0.4 is 33.2 Å². The molecule has 208 valence electrons. The molecule has 0 aliphatic carbocycles. The average molecular weight is 549 g/mol. The Morgan fingerprint density at radius 1 is 1.08 bits per heavy atom. The lowest BCUT2D eigenvalue weighted by Crippen LogP contribution is -2.54. The maximum atomic E-state index is 13.1. The monoisotopic (exact) mass is 548 g/mol. The highest BCUT2D eigenvalue weighted by Crippen LogP contribution is 2.19. The number of aliphatic carboxylic acids is 1. The number of guanidine groups is 1. The van der Waals surface area contributed by atoms with Gasteiger partial charge in [0.05, 0.1) is 12.6 Å². The van der Waals surface area contributed by atoms with Gasteiger partial charge in [0.2, 0.25) is 17.7 Å². The number of carboxylic acids is 1. The Morgan fingerprint density at radius 3 is 2.50 bits per heavy atom. The van der Waals surface area contributed by atoms with Crippen molar-refractivity contribution >= 4 is 52.3 Å². The van der Waals surface area contributed by atoms with Crippen LogP contribution in [0.15, 0.2) is 35.5 Å². The van der Waals surface area contributed by atoms with Crippen LogP contribution in [0.3, 0.4) is 0 Å². The topological polar surface area (TPSA) is 231 Å². The second-order valence-corrected chi connectivity index (χ2v) is 9.62. The smallest absolute Gasteiger partial charge is 0.326 e. The van der Waals surface area contributed by atoms with Crippen LogP contribution in [0, 0.1) is 0 Å². The number of thioether (sulfide) groups is 1. The van der Waals surface area contributed by atoms with Crippen molar-refractivity contribution in [1.29, 1.82) is 0 Å². The Balaban J connectivity index is 2.05. The number of nitrogens with two attached hydrogens (primary N) is 3. The molecule has 0 aliphatic heterocycles. The van der Waals surface area contributed by atoms with Crippen molar-refractivity contribution in [2.75, 3.05) is 25.1 Å². The molecule has 0 fully saturated rings. The van der Waals surface area contributed by atoms with Crippen molar-refractivity contribution in [3.8, 4) is 0 Å². The zero-order chi connectivity index (χ0) is 28.1. The molecule has 11 N–H and O–H groups in total. The van der Waals surface area contributed by atoms with E-state index in [0.29, 0.717) is 25.1 Å². The zero-order valence-electron chi connectivity index (χ0n) is 21.2. The van der Waals surface area contributed by atoms with Gasteiger partial charge in [0.15, 0.2) is 5.96 Å². The number of hydrogen-bond donors (Lipinski definition) is 8. The number of carboxylic acid groups (broad SMARTS) is 1. The van der Waals surface area contributed by atoms with Crippen LogP contribution in [0.2, 0.25) is 0 Å². The molecule has 3 amide bonds. The molecule has 1 aromatic heterocycles. The van der Waals surface area contributed by atoms with Crippen molar-refractivity contribution in [2.45, 2.75) is 43.8 Å². The first-order valence-corrected chi connectivity index (χ1v) is 13.5. The van der Waals surface area contributed by atoms with Gasteiger partial charge in [-0.3, -0.25) is 19.4 Å². The van der Waals surface area contributed by atoms with Gasteiger partial charge in [0, 0.05) is 30.1 Å². The Morgan fingerprint density at radius 2 is 1.82 bits per heavy atom. The summed E-state index contributed by atoms with van der Waals surface area (Å²) < 4.78 is 0. The highest BCUT2D eigenvalue weighted by molar-refractivity contribution is 7.98. The predicted octanol–water partition coefficient (Wildman–Crippen LogP) is -0.985. The van der Waals surface area contributed by atoms with Crippen LogP contribution in [0.25, 0.3) is 10.9 Å². The van der Waals surface area contributed by atoms with E-state index in [-0.39, 0.29) is 18.8 Å². The largest absolute Gasteiger partial charge is 0.480 e. The first-order valence-electron chi connectivity index (χ1n) is 12.1. The van der Waals surface area contributed by atoms with Crippen molar-refractivity contribution in [3.63, 3.8) is 0 Å². The van der Waals surface area contributed by atoms with E-state index in [1.165, 1.54) is 11.8 Å². The second-order valence-electron chi connectivity index (χ2n) is 8.64. The summed E-state index contributed by atoms with van der Waals surface area (Å²) in [4.78, 5) is 56.7. The third-order valence-corrected chi connectivity index (χ3v) is 6.35. The fourth-order valence-electron chi connectivity index (χ4n) is 3.69.